The molecule has 3 amide bonds. The van der Waals surface area contributed by atoms with Crippen molar-refractivity contribution in [3.63, 3.8) is 0 Å². The van der Waals surface area contributed by atoms with E-state index < -0.39 is 23.8 Å². The van der Waals surface area contributed by atoms with Gasteiger partial charge in [0.2, 0.25) is 5.91 Å². The van der Waals surface area contributed by atoms with E-state index in [1.807, 2.05) is 0 Å². The lowest BCUT2D eigenvalue weighted by molar-refractivity contribution is -0.171. The number of alkyl halides is 3. The predicted octanol–water partition coefficient (Wildman–Crippen LogP) is 0.684. The molecule has 2 fully saturated rings. The fourth-order valence-corrected chi connectivity index (χ4v) is 3.44. The Bertz CT molecular complexity index is 869. The van der Waals surface area contributed by atoms with Crippen LogP contribution < -0.4 is 10.6 Å². The zero-order valence-electron chi connectivity index (χ0n) is 17.0. The molecule has 2 heterocycles. The molecular formula is C20H23F3N4O5. The number of benzene rings is 1. The Balaban J connectivity index is 1.55. The molecule has 0 bridgehead atoms. The standard InChI is InChI=1S/C20H23F3N4O5/c21-20(22,23)19(30)26-16(24)12-1-3-13(4-2-12)17(28)25-9-15-11-32-8-6-27(15)18(29)14-5-7-31-10-14/h1-4,14-15H,5-11H2,(H,25,28)(H2,24,26,30)/t14?,15-/m1/s1. The van der Waals surface area contributed by atoms with Crippen molar-refractivity contribution in [2.45, 2.75) is 18.6 Å². The molecule has 0 radical (unpaired) electrons. The monoisotopic (exact) mass is 456 g/mol. The Labute approximate surface area is 181 Å². The van der Waals surface area contributed by atoms with Crippen molar-refractivity contribution < 1.29 is 37.0 Å². The zero-order valence-corrected chi connectivity index (χ0v) is 17.0. The van der Waals surface area contributed by atoms with Gasteiger partial charge >= 0.3 is 12.1 Å². The van der Waals surface area contributed by atoms with Gasteiger partial charge < -0.3 is 25.0 Å². The molecule has 0 aliphatic carbocycles. The lowest BCUT2D eigenvalue weighted by Crippen LogP contribution is -2.55. The first-order valence-corrected chi connectivity index (χ1v) is 9.98. The van der Waals surface area contributed by atoms with Crippen LogP contribution in [0.5, 0.6) is 0 Å². The number of halogens is 3. The summed E-state index contributed by atoms with van der Waals surface area (Å²) in [7, 11) is 0. The summed E-state index contributed by atoms with van der Waals surface area (Å²) in [5, 5.41) is 11.8. The molecule has 12 heteroatoms. The van der Waals surface area contributed by atoms with Gasteiger partial charge in [-0.1, -0.05) is 12.1 Å². The van der Waals surface area contributed by atoms with E-state index in [0.29, 0.717) is 32.8 Å². The van der Waals surface area contributed by atoms with Gasteiger partial charge in [0.25, 0.3) is 5.91 Å². The Morgan fingerprint density at radius 3 is 2.34 bits per heavy atom. The molecule has 0 aromatic heterocycles. The van der Waals surface area contributed by atoms with Crippen molar-refractivity contribution in [2.24, 2.45) is 5.92 Å². The topological polar surface area (TPSA) is 121 Å². The summed E-state index contributed by atoms with van der Waals surface area (Å²) in [5.74, 6) is -3.64. The predicted molar refractivity (Wildman–Crippen MR) is 105 cm³/mol. The number of carbonyl (C=O) groups is 3. The van der Waals surface area contributed by atoms with Gasteiger partial charge in [-0.3, -0.25) is 19.8 Å². The van der Waals surface area contributed by atoms with E-state index in [2.05, 4.69) is 5.32 Å². The first-order chi connectivity index (χ1) is 15.2. The molecular weight excluding hydrogens is 433 g/mol. The summed E-state index contributed by atoms with van der Waals surface area (Å²) in [6.07, 6.45) is -4.44. The molecule has 9 nitrogen and oxygen atoms in total. The number of hydrogen-bond donors (Lipinski definition) is 3. The van der Waals surface area contributed by atoms with Crippen molar-refractivity contribution in [3.8, 4) is 0 Å². The molecule has 2 aliphatic rings. The summed E-state index contributed by atoms with van der Waals surface area (Å²) in [6, 6.07) is 4.84. The molecule has 2 saturated heterocycles. The molecule has 1 aromatic rings. The lowest BCUT2D eigenvalue weighted by atomic mass is 10.1. The largest absolute Gasteiger partial charge is 0.471 e. The second-order valence-corrected chi connectivity index (χ2v) is 7.44. The van der Waals surface area contributed by atoms with Crippen LogP contribution in [-0.2, 0) is 19.1 Å². The smallest absolute Gasteiger partial charge is 0.381 e. The van der Waals surface area contributed by atoms with Crippen LogP contribution in [0.3, 0.4) is 0 Å². The fraction of sp³-hybridized carbons (Fsp3) is 0.500. The Morgan fingerprint density at radius 1 is 1.06 bits per heavy atom. The number of amides is 3. The van der Waals surface area contributed by atoms with E-state index in [4.69, 9.17) is 14.9 Å². The first-order valence-electron chi connectivity index (χ1n) is 9.98. The minimum absolute atomic E-state index is 0.00962. The summed E-state index contributed by atoms with van der Waals surface area (Å²) in [5.41, 5.74) is 0.220. The number of hydrogen-bond acceptors (Lipinski definition) is 6. The maximum absolute atomic E-state index is 12.7. The van der Waals surface area contributed by atoms with Gasteiger partial charge in [0.15, 0.2) is 0 Å². The number of amidine groups is 1. The second kappa shape index (κ2) is 10.1. The molecule has 174 valence electrons. The quantitative estimate of drug-likeness (QED) is 0.445. The number of morpholine rings is 1. The van der Waals surface area contributed by atoms with Crippen LogP contribution in [0.2, 0.25) is 0 Å². The van der Waals surface area contributed by atoms with Gasteiger partial charge in [-0.25, -0.2) is 0 Å². The van der Waals surface area contributed by atoms with Crippen molar-refractivity contribution >= 4 is 23.6 Å². The zero-order chi connectivity index (χ0) is 23.3. The summed E-state index contributed by atoms with van der Waals surface area (Å²) in [4.78, 5) is 37.8. The maximum Gasteiger partial charge on any atom is 0.471 e. The van der Waals surface area contributed by atoms with E-state index in [-0.39, 0.29) is 42.1 Å². The highest BCUT2D eigenvalue weighted by atomic mass is 19.4. The van der Waals surface area contributed by atoms with Crippen molar-refractivity contribution in [1.29, 1.82) is 5.41 Å². The van der Waals surface area contributed by atoms with Crippen molar-refractivity contribution in [3.05, 3.63) is 35.4 Å². The van der Waals surface area contributed by atoms with Crippen LogP contribution in [0.1, 0.15) is 22.3 Å². The fourth-order valence-electron chi connectivity index (χ4n) is 3.44. The first kappa shape index (κ1) is 23.7. The summed E-state index contributed by atoms with van der Waals surface area (Å²) < 4.78 is 47.6. The van der Waals surface area contributed by atoms with Gasteiger partial charge in [-0.2, -0.15) is 13.2 Å². The summed E-state index contributed by atoms with van der Waals surface area (Å²) in [6.45, 7) is 2.24. The maximum atomic E-state index is 12.7. The van der Waals surface area contributed by atoms with Gasteiger partial charge in [0.05, 0.1) is 31.8 Å². The van der Waals surface area contributed by atoms with Crippen LogP contribution in [-0.4, -0.2) is 80.2 Å². The number of nitrogens with zero attached hydrogens (tertiary/aromatic N) is 1. The molecule has 0 saturated carbocycles. The Morgan fingerprint density at radius 2 is 1.72 bits per heavy atom. The minimum Gasteiger partial charge on any atom is -0.381 e. The normalized spacial score (nSPS) is 21.2. The van der Waals surface area contributed by atoms with Crippen molar-refractivity contribution in [1.82, 2.24) is 15.5 Å². The van der Waals surface area contributed by atoms with Gasteiger partial charge in [0, 0.05) is 30.8 Å². The molecule has 2 aliphatic heterocycles. The number of nitrogens with one attached hydrogen (secondary N) is 3. The third kappa shape index (κ3) is 5.82. The molecule has 32 heavy (non-hydrogen) atoms. The van der Waals surface area contributed by atoms with Crippen LogP contribution in [0.15, 0.2) is 24.3 Å². The minimum atomic E-state index is -5.10. The SMILES string of the molecule is N=C(NC(=O)C(F)(F)F)c1ccc(C(=O)NC[C@@H]2COCCN2C(=O)C2CCOC2)cc1. The van der Waals surface area contributed by atoms with E-state index >= 15 is 0 Å². The number of carbonyl (C=O) groups excluding carboxylic acids is 3. The van der Waals surface area contributed by atoms with Crippen LogP contribution in [0.4, 0.5) is 13.2 Å². The van der Waals surface area contributed by atoms with Gasteiger partial charge in [0.1, 0.15) is 5.84 Å². The average Bonchev–Trinajstić information content (AvgIpc) is 3.31. The molecule has 1 unspecified atom stereocenters. The number of ether oxygens (including phenoxy) is 2. The third-order valence-electron chi connectivity index (χ3n) is 5.22. The highest BCUT2D eigenvalue weighted by molar-refractivity contribution is 6.08. The van der Waals surface area contributed by atoms with Crippen LogP contribution >= 0.6 is 0 Å². The van der Waals surface area contributed by atoms with Gasteiger partial charge in [-0.05, 0) is 18.6 Å². The van der Waals surface area contributed by atoms with Gasteiger partial charge in [-0.15, -0.1) is 0 Å². The molecule has 2 atom stereocenters. The Hall–Kier alpha value is -2.99. The average molecular weight is 456 g/mol. The van der Waals surface area contributed by atoms with Crippen LogP contribution in [0.25, 0.3) is 0 Å². The van der Waals surface area contributed by atoms with Crippen LogP contribution in [0, 0.1) is 11.3 Å². The molecule has 1 aromatic carbocycles. The second-order valence-electron chi connectivity index (χ2n) is 7.44. The van der Waals surface area contributed by atoms with E-state index in [0.717, 1.165) is 0 Å². The van der Waals surface area contributed by atoms with E-state index in [1.54, 1.807) is 4.90 Å². The van der Waals surface area contributed by atoms with E-state index in [9.17, 15) is 27.6 Å². The lowest BCUT2D eigenvalue weighted by Gasteiger charge is -2.37. The molecule has 3 rings (SSSR count). The highest BCUT2D eigenvalue weighted by Crippen LogP contribution is 2.19. The molecule has 0 spiro atoms. The summed E-state index contributed by atoms with van der Waals surface area (Å²) >= 11 is 0. The third-order valence-corrected chi connectivity index (χ3v) is 5.22. The van der Waals surface area contributed by atoms with E-state index in [1.165, 1.54) is 29.6 Å². The Kier molecular flexibility index (Phi) is 7.46. The highest BCUT2D eigenvalue weighted by Gasteiger charge is 2.39. The number of rotatable bonds is 5. The molecule has 3 N–H and O–H groups in total. The van der Waals surface area contributed by atoms with Crippen molar-refractivity contribution in [2.75, 3.05) is 39.5 Å².